The van der Waals surface area contributed by atoms with E-state index in [-0.39, 0.29) is 12.1 Å². The van der Waals surface area contributed by atoms with Crippen molar-refractivity contribution in [2.75, 3.05) is 17.7 Å². The number of aryl methyl sites for hydroxylation is 1. The first-order valence-corrected chi connectivity index (χ1v) is 5.76. The topological polar surface area (TPSA) is 58.3 Å². The predicted octanol–water partition coefficient (Wildman–Crippen LogP) is 2.54. The first kappa shape index (κ1) is 12.8. The van der Waals surface area contributed by atoms with Crippen LogP contribution >= 0.6 is 0 Å². The highest BCUT2D eigenvalue weighted by Gasteiger charge is 2.21. The predicted molar refractivity (Wildman–Crippen MR) is 69.6 cm³/mol. The van der Waals surface area contributed by atoms with E-state index >= 15 is 0 Å². The van der Waals surface area contributed by atoms with Crippen molar-refractivity contribution in [3.05, 3.63) is 23.8 Å². The van der Waals surface area contributed by atoms with Crippen molar-refractivity contribution >= 4 is 11.4 Å². The summed E-state index contributed by atoms with van der Waals surface area (Å²) in [7, 11) is 0. The highest BCUT2D eigenvalue weighted by molar-refractivity contribution is 5.70. The zero-order valence-corrected chi connectivity index (χ0v) is 10.4. The number of nitrogen functional groups attached to an aromatic ring is 1. The van der Waals surface area contributed by atoms with E-state index in [0.717, 1.165) is 29.8 Å². The summed E-state index contributed by atoms with van der Waals surface area (Å²) in [6.45, 7) is 6.39. The van der Waals surface area contributed by atoms with Crippen LogP contribution in [0.15, 0.2) is 18.2 Å². The van der Waals surface area contributed by atoms with Gasteiger partial charge in [0.2, 0.25) is 0 Å². The Balaban J connectivity index is 2.90. The van der Waals surface area contributed by atoms with E-state index in [1.54, 1.807) is 0 Å². The van der Waals surface area contributed by atoms with Crippen LogP contribution in [0, 0.1) is 6.92 Å². The number of aliphatic hydroxyl groups excluding tert-OH is 1. The number of rotatable bonds is 5. The van der Waals surface area contributed by atoms with Gasteiger partial charge in [-0.1, -0.05) is 19.1 Å². The molecule has 90 valence electrons. The zero-order chi connectivity index (χ0) is 12.2. The van der Waals surface area contributed by atoms with Gasteiger partial charge in [-0.3, -0.25) is 0 Å². The molecule has 0 heterocycles. The molecule has 0 aliphatic rings. The molecule has 0 bridgehead atoms. The van der Waals surface area contributed by atoms with E-state index in [1.165, 1.54) is 0 Å². The van der Waals surface area contributed by atoms with Crippen LogP contribution in [-0.4, -0.2) is 17.3 Å². The molecule has 0 aliphatic heterocycles. The molecule has 0 aromatic heterocycles. The highest BCUT2D eigenvalue weighted by atomic mass is 16.3. The number of hydrogen-bond donors (Lipinski definition) is 3. The molecule has 0 saturated carbocycles. The lowest BCUT2D eigenvalue weighted by atomic mass is 9.94. The number of anilines is 2. The van der Waals surface area contributed by atoms with Gasteiger partial charge in [-0.15, -0.1) is 0 Å². The molecule has 0 fully saturated rings. The molecule has 0 amide bonds. The Morgan fingerprint density at radius 3 is 2.69 bits per heavy atom. The summed E-state index contributed by atoms with van der Waals surface area (Å²) in [5, 5.41) is 12.5. The molecule has 1 rings (SSSR count). The van der Waals surface area contributed by atoms with Gasteiger partial charge in [-0.05, 0) is 38.3 Å². The molecule has 1 unspecified atom stereocenters. The Morgan fingerprint density at radius 2 is 2.12 bits per heavy atom. The summed E-state index contributed by atoms with van der Waals surface area (Å²) < 4.78 is 0. The van der Waals surface area contributed by atoms with Crippen molar-refractivity contribution in [2.45, 2.75) is 39.2 Å². The smallest absolute Gasteiger partial charge is 0.0580 e. The second-order valence-electron chi connectivity index (χ2n) is 4.55. The third kappa shape index (κ3) is 2.89. The van der Waals surface area contributed by atoms with Crippen LogP contribution in [0.2, 0.25) is 0 Å². The molecular weight excluding hydrogens is 200 g/mol. The standard InChI is InChI=1S/C13H22N2O/c1-4-13(3,8-9-16)15-11-7-5-6-10(2)12(11)14/h5-7,15-16H,4,8-9,14H2,1-3H3. The van der Waals surface area contributed by atoms with Gasteiger partial charge in [0.15, 0.2) is 0 Å². The second-order valence-corrected chi connectivity index (χ2v) is 4.55. The molecule has 4 N–H and O–H groups in total. The lowest BCUT2D eigenvalue weighted by Crippen LogP contribution is -2.35. The van der Waals surface area contributed by atoms with Crippen molar-refractivity contribution in [3.8, 4) is 0 Å². The second kappa shape index (κ2) is 5.21. The van der Waals surface area contributed by atoms with Crippen LogP contribution in [0.25, 0.3) is 0 Å². The van der Waals surface area contributed by atoms with E-state index in [1.807, 2.05) is 25.1 Å². The lowest BCUT2D eigenvalue weighted by molar-refractivity contribution is 0.252. The molecule has 0 saturated heterocycles. The summed E-state index contributed by atoms with van der Waals surface area (Å²) in [4.78, 5) is 0. The van der Waals surface area contributed by atoms with Crippen molar-refractivity contribution in [3.63, 3.8) is 0 Å². The van der Waals surface area contributed by atoms with Crippen molar-refractivity contribution < 1.29 is 5.11 Å². The summed E-state index contributed by atoms with van der Waals surface area (Å²) in [6.07, 6.45) is 1.66. The van der Waals surface area contributed by atoms with Gasteiger partial charge in [0.05, 0.1) is 11.4 Å². The average molecular weight is 222 g/mol. The maximum absolute atomic E-state index is 9.06. The van der Waals surface area contributed by atoms with Gasteiger partial charge in [-0.2, -0.15) is 0 Å². The molecule has 16 heavy (non-hydrogen) atoms. The van der Waals surface area contributed by atoms with E-state index < -0.39 is 0 Å². The van der Waals surface area contributed by atoms with Crippen LogP contribution in [0.1, 0.15) is 32.3 Å². The minimum Gasteiger partial charge on any atom is -0.397 e. The van der Waals surface area contributed by atoms with Gasteiger partial charge in [-0.25, -0.2) is 0 Å². The van der Waals surface area contributed by atoms with Crippen LogP contribution in [0.3, 0.4) is 0 Å². The number of para-hydroxylation sites is 1. The third-order valence-corrected chi connectivity index (χ3v) is 3.20. The Hall–Kier alpha value is -1.22. The largest absolute Gasteiger partial charge is 0.397 e. The maximum atomic E-state index is 9.06. The molecule has 1 atom stereocenters. The van der Waals surface area contributed by atoms with Crippen LogP contribution < -0.4 is 11.1 Å². The minimum atomic E-state index is -0.101. The number of nitrogens with one attached hydrogen (secondary N) is 1. The van der Waals surface area contributed by atoms with Gasteiger partial charge in [0.1, 0.15) is 0 Å². The fourth-order valence-corrected chi connectivity index (χ4v) is 1.69. The molecule has 0 aliphatic carbocycles. The summed E-state index contributed by atoms with van der Waals surface area (Å²) >= 11 is 0. The first-order valence-electron chi connectivity index (χ1n) is 5.76. The van der Waals surface area contributed by atoms with Crippen LogP contribution in [0.5, 0.6) is 0 Å². The quantitative estimate of drug-likeness (QED) is 0.671. The fourth-order valence-electron chi connectivity index (χ4n) is 1.69. The number of aliphatic hydroxyl groups is 1. The number of benzene rings is 1. The molecular formula is C13H22N2O. The van der Waals surface area contributed by atoms with Crippen LogP contribution in [0.4, 0.5) is 11.4 Å². The molecule has 1 aromatic rings. The number of hydrogen-bond acceptors (Lipinski definition) is 3. The van der Waals surface area contributed by atoms with Crippen molar-refractivity contribution in [1.29, 1.82) is 0 Å². The molecule has 0 spiro atoms. The van der Waals surface area contributed by atoms with Gasteiger partial charge < -0.3 is 16.2 Å². The van der Waals surface area contributed by atoms with Gasteiger partial charge in [0, 0.05) is 12.1 Å². The first-order chi connectivity index (χ1) is 7.52. The Labute approximate surface area is 97.7 Å². The number of nitrogens with two attached hydrogens (primary N) is 1. The summed E-state index contributed by atoms with van der Waals surface area (Å²) in [5.74, 6) is 0. The van der Waals surface area contributed by atoms with E-state index in [9.17, 15) is 0 Å². The summed E-state index contributed by atoms with van der Waals surface area (Å²) in [5.41, 5.74) is 8.74. The minimum absolute atomic E-state index is 0.101. The third-order valence-electron chi connectivity index (χ3n) is 3.20. The Morgan fingerprint density at radius 1 is 1.44 bits per heavy atom. The Kier molecular flexibility index (Phi) is 4.19. The van der Waals surface area contributed by atoms with E-state index in [2.05, 4.69) is 19.2 Å². The van der Waals surface area contributed by atoms with Gasteiger partial charge in [0.25, 0.3) is 0 Å². The van der Waals surface area contributed by atoms with Gasteiger partial charge >= 0.3 is 0 Å². The molecule has 3 nitrogen and oxygen atoms in total. The SMILES string of the molecule is CCC(C)(CCO)Nc1cccc(C)c1N. The van der Waals surface area contributed by atoms with E-state index in [0.29, 0.717) is 0 Å². The average Bonchev–Trinajstić information content (AvgIpc) is 2.25. The maximum Gasteiger partial charge on any atom is 0.0580 e. The molecule has 1 aromatic carbocycles. The normalized spacial score (nSPS) is 14.5. The Bertz CT molecular complexity index is 352. The fraction of sp³-hybridized carbons (Fsp3) is 0.538. The lowest BCUT2D eigenvalue weighted by Gasteiger charge is -2.31. The zero-order valence-electron chi connectivity index (χ0n) is 10.4. The van der Waals surface area contributed by atoms with Crippen molar-refractivity contribution in [2.24, 2.45) is 0 Å². The monoisotopic (exact) mass is 222 g/mol. The molecule has 3 heteroatoms. The van der Waals surface area contributed by atoms with Crippen LogP contribution in [-0.2, 0) is 0 Å². The van der Waals surface area contributed by atoms with E-state index in [4.69, 9.17) is 10.8 Å². The summed E-state index contributed by atoms with van der Waals surface area (Å²) in [6, 6.07) is 5.96. The highest BCUT2D eigenvalue weighted by Crippen LogP contribution is 2.27. The van der Waals surface area contributed by atoms with Crippen molar-refractivity contribution in [1.82, 2.24) is 0 Å². The molecule has 0 radical (unpaired) electrons.